The van der Waals surface area contributed by atoms with E-state index in [1.165, 1.54) is 4.90 Å². The van der Waals surface area contributed by atoms with Crippen molar-refractivity contribution in [1.82, 2.24) is 9.97 Å². The minimum absolute atomic E-state index is 0.180. The van der Waals surface area contributed by atoms with Crippen LogP contribution in [0, 0.1) is 6.92 Å². The summed E-state index contributed by atoms with van der Waals surface area (Å²) in [4.78, 5) is 10.4. The fourth-order valence-corrected chi connectivity index (χ4v) is 2.72. The van der Waals surface area contributed by atoms with E-state index in [2.05, 4.69) is 29.0 Å². The first kappa shape index (κ1) is 15.0. The van der Waals surface area contributed by atoms with Crippen molar-refractivity contribution in [2.75, 3.05) is 0 Å². The third-order valence-electron chi connectivity index (χ3n) is 3.06. The van der Waals surface area contributed by atoms with Crippen molar-refractivity contribution in [3.8, 4) is 0 Å². The van der Waals surface area contributed by atoms with Crippen molar-refractivity contribution in [3.63, 3.8) is 0 Å². The molecule has 1 atom stereocenters. The number of hydrogen-bond acceptors (Lipinski definition) is 4. The van der Waals surface area contributed by atoms with Crippen LogP contribution >= 0.6 is 11.8 Å². The smallest absolute Gasteiger partial charge is 0.139 e. The third-order valence-corrected chi connectivity index (χ3v) is 4.07. The molecule has 3 nitrogen and oxygen atoms in total. The van der Waals surface area contributed by atoms with Crippen molar-refractivity contribution in [2.45, 2.75) is 43.4 Å². The molecule has 0 saturated carbocycles. The van der Waals surface area contributed by atoms with Crippen LogP contribution < -0.4 is 5.73 Å². The maximum absolute atomic E-state index is 6.00. The van der Waals surface area contributed by atoms with Crippen molar-refractivity contribution in [3.05, 3.63) is 53.6 Å². The lowest BCUT2D eigenvalue weighted by Crippen LogP contribution is -2.22. The summed E-state index contributed by atoms with van der Waals surface area (Å²) in [6.45, 7) is 4.12. The zero-order valence-electron chi connectivity index (χ0n) is 12.0. The molecule has 20 heavy (non-hydrogen) atoms. The summed E-state index contributed by atoms with van der Waals surface area (Å²) in [5.74, 6) is 1.68. The Morgan fingerprint density at radius 1 is 1.20 bits per heavy atom. The number of hydrogen-bond donors (Lipinski definition) is 1. The molecule has 0 aliphatic carbocycles. The fraction of sp³-hybridized carbons (Fsp3) is 0.375. The highest BCUT2D eigenvalue weighted by atomic mass is 32.2. The van der Waals surface area contributed by atoms with Gasteiger partial charge >= 0.3 is 0 Å². The Balaban J connectivity index is 2.04. The Hall–Kier alpha value is -1.39. The first-order valence-corrected chi connectivity index (χ1v) is 7.92. The van der Waals surface area contributed by atoms with Crippen molar-refractivity contribution >= 4 is 11.8 Å². The van der Waals surface area contributed by atoms with Gasteiger partial charge in [-0.3, -0.25) is 0 Å². The van der Waals surface area contributed by atoms with Gasteiger partial charge in [0.2, 0.25) is 0 Å². The molecule has 0 saturated heterocycles. The number of aryl methyl sites for hydroxylation is 1. The molecule has 1 unspecified atom stereocenters. The second-order valence-electron chi connectivity index (χ2n) is 4.89. The summed E-state index contributed by atoms with van der Waals surface area (Å²) in [5, 5.41) is 0. The average Bonchev–Trinajstić information content (AvgIpc) is 2.45. The van der Waals surface area contributed by atoms with Crippen LogP contribution in [0.2, 0.25) is 0 Å². The molecule has 1 aromatic carbocycles. The molecule has 0 spiro atoms. The van der Waals surface area contributed by atoms with E-state index in [9.17, 15) is 0 Å². The lowest BCUT2D eigenvalue weighted by molar-refractivity contribution is 0.633. The first-order valence-electron chi connectivity index (χ1n) is 6.94. The minimum atomic E-state index is 0.180. The number of benzene rings is 1. The van der Waals surface area contributed by atoms with Gasteiger partial charge in [0.1, 0.15) is 5.82 Å². The second kappa shape index (κ2) is 7.41. The molecule has 2 N–H and O–H groups in total. The molecule has 0 radical (unpaired) electrons. The molecular weight excluding hydrogens is 266 g/mol. The summed E-state index contributed by atoms with van der Waals surface area (Å²) in [6, 6.07) is 12.5. The molecule has 0 aliphatic heterocycles. The van der Waals surface area contributed by atoms with Crippen LogP contribution in [0.5, 0.6) is 0 Å². The fourth-order valence-electron chi connectivity index (χ4n) is 1.95. The van der Waals surface area contributed by atoms with Gasteiger partial charge in [0.25, 0.3) is 0 Å². The van der Waals surface area contributed by atoms with Gasteiger partial charge in [0.05, 0.1) is 5.75 Å². The number of nitrogens with zero attached hydrogens (tertiary/aromatic N) is 2. The summed E-state index contributed by atoms with van der Waals surface area (Å²) >= 11 is 1.76. The number of thioether (sulfide) groups is 1. The lowest BCUT2D eigenvalue weighted by atomic mass is 10.1. The Labute approximate surface area is 125 Å². The van der Waals surface area contributed by atoms with E-state index in [0.717, 1.165) is 35.8 Å². The van der Waals surface area contributed by atoms with Crippen LogP contribution in [-0.4, -0.2) is 16.0 Å². The van der Waals surface area contributed by atoms with E-state index in [-0.39, 0.29) is 6.04 Å². The molecule has 0 aliphatic rings. The Bertz CT molecular complexity index is 543. The standard InChI is InChI=1S/C16H21N3S/c1-3-13(17)10-14-9-12(2)18-16(19-14)11-20-15-7-5-4-6-8-15/h4-9,13H,3,10-11,17H2,1-2H3. The molecule has 1 heterocycles. The van der Waals surface area contributed by atoms with Crippen molar-refractivity contribution < 1.29 is 0 Å². The van der Waals surface area contributed by atoms with Gasteiger partial charge in [-0.25, -0.2) is 9.97 Å². The zero-order valence-corrected chi connectivity index (χ0v) is 12.9. The van der Waals surface area contributed by atoms with Crippen LogP contribution in [0.25, 0.3) is 0 Å². The summed E-state index contributed by atoms with van der Waals surface area (Å²) in [6.07, 6.45) is 1.79. The monoisotopic (exact) mass is 287 g/mol. The van der Waals surface area contributed by atoms with Crippen molar-refractivity contribution in [2.24, 2.45) is 5.73 Å². The quantitative estimate of drug-likeness (QED) is 0.828. The highest BCUT2D eigenvalue weighted by Crippen LogP contribution is 2.21. The molecule has 106 valence electrons. The van der Waals surface area contributed by atoms with Gasteiger partial charge in [-0.15, -0.1) is 11.8 Å². The molecule has 0 bridgehead atoms. The van der Waals surface area contributed by atoms with E-state index in [1.807, 2.05) is 31.2 Å². The maximum atomic E-state index is 6.00. The Morgan fingerprint density at radius 3 is 2.65 bits per heavy atom. The molecule has 4 heteroatoms. The molecule has 2 rings (SSSR count). The van der Waals surface area contributed by atoms with Crippen LogP contribution in [0.15, 0.2) is 41.3 Å². The predicted octanol–water partition coefficient (Wildman–Crippen LogP) is 3.36. The molecule has 0 amide bonds. The van der Waals surface area contributed by atoms with E-state index >= 15 is 0 Å². The maximum Gasteiger partial charge on any atom is 0.139 e. The lowest BCUT2D eigenvalue weighted by Gasteiger charge is -2.10. The topological polar surface area (TPSA) is 51.8 Å². The van der Waals surface area contributed by atoms with Gasteiger partial charge in [-0.1, -0.05) is 25.1 Å². The van der Waals surface area contributed by atoms with E-state index in [1.54, 1.807) is 11.8 Å². The third kappa shape index (κ3) is 4.62. The van der Waals surface area contributed by atoms with Crippen LogP contribution in [-0.2, 0) is 12.2 Å². The Kier molecular flexibility index (Phi) is 5.56. The zero-order chi connectivity index (χ0) is 14.4. The molecule has 2 aromatic rings. The van der Waals surface area contributed by atoms with E-state index in [0.29, 0.717) is 0 Å². The highest BCUT2D eigenvalue weighted by Gasteiger charge is 2.07. The highest BCUT2D eigenvalue weighted by molar-refractivity contribution is 7.98. The van der Waals surface area contributed by atoms with Gasteiger partial charge in [-0.05, 0) is 31.5 Å². The number of nitrogens with two attached hydrogens (primary N) is 1. The predicted molar refractivity (Wildman–Crippen MR) is 84.7 cm³/mol. The van der Waals surface area contributed by atoms with Crippen molar-refractivity contribution in [1.29, 1.82) is 0 Å². The van der Waals surface area contributed by atoms with Gasteiger partial charge in [0.15, 0.2) is 0 Å². The number of aromatic nitrogens is 2. The normalized spacial score (nSPS) is 12.3. The van der Waals surface area contributed by atoms with Crippen LogP contribution in [0.4, 0.5) is 0 Å². The largest absolute Gasteiger partial charge is 0.327 e. The van der Waals surface area contributed by atoms with E-state index in [4.69, 9.17) is 5.73 Å². The Morgan fingerprint density at radius 2 is 1.95 bits per heavy atom. The SMILES string of the molecule is CCC(N)Cc1cc(C)nc(CSc2ccccc2)n1. The molecule has 0 fully saturated rings. The molecular formula is C16H21N3S. The minimum Gasteiger partial charge on any atom is -0.327 e. The van der Waals surface area contributed by atoms with Crippen LogP contribution in [0.1, 0.15) is 30.6 Å². The summed E-state index contributed by atoms with van der Waals surface area (Å²) in [7, 11) is 0. The van der Waals surface area contributed by atoms with Crippen LogP contribution in [0.3, 0.4) is 0 Å². The van der Waals surface area contributed by atoms with Gasteiger partial charge in [0, 0.05) is 28.7 Å². The number of rotatable bonds is 6. The molecule has 1 aromatic heterocycles. The summed E-state index contributed by atoms with van der Waals surface area (Å²) < 4.78 is 0. The van der Waals surface area contributed by atoms with Gasteiger partial charge in [-0.2, -0.15) is 0 Å². The summed E-state index contributed by atoms with van der Waals surface area (Å²) in [5.41, 5.74) is 8.07. The van der Waals surface area contributed by atoms with Gasteiger partial charge < -0.3 is 5.73 Å². The first-order chi connectivity index (χ1) is 9.67. The van der Waals surface area contributed by atoms with E-state index < -0.39 is 0 Å². The average molecular weight is 287 g/mol. The second-order valence-corrected chi connectivity index (χ2v) is 5.94.